The van der Waals surface area contributed by atoms with Crippen LogP contribution in [0.5, 0.6) is 5.75 Å². The summed E-state index contributed by atoms with van der Waals surface area (Å²) in [5, 5.41) is 0.586. The van der Waals surface area contributed by atoms with Crippen LogP contribution in [0.4, 0.5) is 0 Å². The highest BCUT2D eigenvalue weighted by Gasteiger charge is 2.03. The van der Waals surface area contributed by atoms with Crippen LogP contribution in [0.25, 0.3) is 0 Å². The first-order valence-corrected chi connectivity index (χ1v) is 5.54. The molecule has 0 aliphatic heterocycles. The van der Waals surface area contributed by atoms with Crippen LogP contribution in [0.1, 0.15) is 0 Å². The minimum Gasteiger partial charge on any atom is -0.488 e. The molecule has 82 valence electrons. The van der Waals surface area contributed by atoms with Crippen LogP contribution in [-0.4, -0.2) is 20.3 Å². The molecule has 1 aromatic rings. The summed E-state index contributed by atoms with van der Waals surface area (Å²) in [4.78, 5) is 0. The molecule has 0 atom stereocenters. The molecule has 0 aliphatic carbocycles. The molecule has 0 saturated carbocycles. The maximum atomic E-state index is 5.95. The second kappa shape index (κ2) is 6.16. The number of rotatable bonds is 5. The fourth-order valence-corrected chi connectivity index (χ4v) is 1.53. The lowest BCUT2D eigenvalue weighted by molar-refractivity contribution is 0.212. The molecule has 0 amide bonds. The molecular weight excluding hydrogens is 279 g/mol. The average molecular weight is 292 g/mol. The number of hydrogen-bond donors (Lipinski definition) is 0. The van der Waals surface area contributed by atoms with Crippen molar-refractivity contribution in [2.75, 3.05) is 20.3 Å². The molecule has 0 aliphatic rings. The topological polar surface area (TPSA) is 18.5 Å². The molecule has 15 heavy (non-hydrogen) atoms. The molecule has 1 aromatic carbocycles. The van der Waals surface area contributed by atoms with E-state index in [0.717, 1.165) is 10.0 Å². The van der Waals surface area contributed by atoms with Crippen LogP contribution in [0, 0.1) is 0 Å². The Bertz CT molecular complexity index is 352. The van der Waals surface area contributed by atoms with Crippen molar-refractivity contribution in [3.05, 3.63) is 39.8 Å². The molecule has 0 unspecified atom stereocenters. The van der Waals surface area contributed by atoms with Gasteiger partial charge in [-0.15, -0.1) is 0 Å². The van der Waals surface area contributed by atoms with Crippen molar-refractivity contribution in [2.24, 2.45) is 0 Å². The molecule has 0 bridgehead atoms. The van der Waals surface area contributed by atoms with E-state index in [1.807, 2.05) is 12.1 Å². The second-order valence-electron chi connectivity index (χ2n) is 3.05. The molecule has 0 saturated heterocycles. The van der Waals surface area contributed by atoms with E-state index in [4.69, 9.17) is 21.1 Å². The maximum absolute atomic E-state index is 5.95. The number of methoxy groups -OCH3 is 1. The molecule has 0 aromatic heterocycles. The Morgan fingerprint density at radius 3 is 2.87 bits per heavy atom. The third-order valence-corrected chi connectivity index (χ3v) is 2.48. The molecule has 0 fully saturated rings. The highest BCUT2D eigenvalue weighted by molar-refractivity contribution is 9.10. The Balaban J connectivity index is 2.57. The smallest absolute Gasteiger partial charge is 0.139 e. The van der Waals surface area contributed by atoms with Gasteiger partial charge in [0.2, 0.25) is 0 Å². The van der Waals surface area contributed by atoms with E-state index in [-0.39, 0.29) is 0 Å². The van der Waals surface area contributed by atoms with Crippen LogP contribution >= 0.6 is 27.5 Å². The van der Waals surface area contributed by atoms with E-state index in [9.17, 15) is 0 Å². The number of benzene rings is 1. The zero-order valence-electron chi connectivity index (χ0n) is 8.43. The Morgan fingerprint density at radius 2 is 2.20 bits per heavy atom. The molecule has 2 nitrogen and oxygen atoms in total. The molecule has 4 heteroatoms. The van der Waals surface area contributed by atoms with Crippen molar-refractivity contribution in [3.63, 3.8) is 0 Å². The van der Waals surface area contributed by atoms with Crippen LogP contribution in [-0.2, 0) is 4.74 Å². The lowest BCUT2D eigenvalue weighted by atomic mass is 10.3. The van der Waals surface area contributed by atoms with Gasteiger partial charge < -0.3 is 9.47 Å². The quantitative estimate of drug-likeness (QED) is 0.770. The number of hydrogen-bond acceptors (Lipinski definition) is 2. The van der Waals surface area contributed by atoms with Gasteiger partial charge in [0, 0.05) is 11.6 Å². The predicted octanol–water partition coefficient (Wildman–Crippen LogP) is 3.68. The summed E-state index contributed by atoms with van der Waals surface area (Å²) in [7, 11) is 1.62. The summed E-state index contributed by atoms with van der Waals surface area (Å²) >= 11 is 9.30. The molecule has 1 rings (SSSR count). The Hall–Kier alpha value is -0.510. The van der Waals surface area contributed by atoms with Gasteiger partial charge in [0.25, 0.3) is 0 Å². The first-order valence-electron chi connectivity index (χ1n) is 4.37. The van der Waals surface area contributed by atoms with Gasteiger partial charge in [-0.2, -0.15) is 0 Å². The Morgan fingerprint density at radius 1 is 1.47 bits per heavy atom. The van der Waals surface area contributed by atoms with Crippen LogP contribution < -0.4 is 4.74 Å². The summed E-state index contributed by atoms with van der Waals surface area (Å²) in [5.41, 5.74) is 0.869. The fourth-order valence-electron chi connectivity index (χ4n) is 1.01. The fraction of sp³-hybridized carbons (Fsp3) is 0.273. The number of halogens is 2. The summed E-state index contributed by atoms with van der Waals surface area (Å²) in [6, 6.07) is 5.46. The van der Waals surface area contributed by atoms with E-state index >= 15 is 0 Å². The van der Waals surface area contributed by atoms with Gasteiger partial charge in [-0.1, -0.05) is 34.1 Å². The van der Waals surface area contributed by atoms with Crippen LogP contribution in [0.2, 0.25) is 5.02 Å². The highest BCUT2D eigenvalue weighted by Crippen LogP contribution is 2.28. The molecule has 0 N–H and O–H groups in total. The Kier molecular flexibility index (Phi) is 5.15. The molecular formula is C11H12BrClO2. The summed E-state index contributed by atoms with van der Waals surface area (Å²) < 4.78 is 11.3. The zero-order valence-corrected chi connectivity index (χ0v) is 10.8. The van der Waals surface area contributed by atoms with E-state index in [0.29, 0.717) is 24.0 Å². The first-order chi connectivity index (χ1) is 7.13. The maximum Gasteiger partial charge on any atom is 0.139 e. The van der Waals surface area contributed by atoms with Gasteiger partial charge in [0.1, 0.15) is 12.4 Å². The molecule has 0 spiro atoms. The monoisotopic (exact) mass is 290 g/mol. The summed E-state index contributed by atoms with van der Waals surface area (Å²) in [5.74, 6) is 0.642. The third kappa shape index (κ3) is 4.24. The summed E-state index contributed by atoms with van der Waals surface area (Å²) in [6.45, 7) is 4.71. The third-order valence-electron chi connectivity index (χ3n) is 1.67. The molecule has 0 heterocycles. The normalized spacial score (nSPS) is 10.1. The first kappa shape index (κ1) is 12.6. The van der Waals surface area contributed by atoms with Crippen molar-refractivity contribution in [1.29, 1.82) is 0 Å². The zero-order chi connectivity index (χ0) is 11.3. The minimum atomic E-state index is 0.407. The number of ether oxygens (including phenoxy) is 2. The van der Waals surface area contributed by atoms with E-state index in [2.05, 4.69) is 22.5 Å². The van der Waals surface area contributed by atoms with E-state index in [1.54, 1.807) is 13.2 Å². The molecule has 0 radical (unpaired) electrons. The van der Waals surface area contributed by atoms with Gasteiger partial charge in [-0.3, -0.25) is 0 Å². The van der Waals surface area contributed by atoms with E-state index < -0.39 is 0 Å². The van der Waals surface area contributed by atoms with Crippen molar-refractivity contribution in [3.8, 4) is 5.75 Å². The standard InChI is InChI=1S/C11H12BrClO2/c1-8(6-14-2)7-15-11-5-9(12)3-4-10(11)13/h3-5H,1,6-7H2,2H3. The van der Waals surface area contributed by atoms with Crippen LogP contribution in [0.15, 0.2) is 34.8 Å². The SMILES string of the molecule is C=C(COC)COc1cc(Br)ccc1Cl. The Labute approximate surface area is 103 Å². The average Bonchev–Trinajstić information content (AvgIpc) is 2.20. The highest BCUT2D eigenvalue weighted by atomic mass is 79.9. The lowest BCUT2D eigenvalue weighted by Crippen LogP contribution is -2.05. The van der Waals surface area contributed by atoms with Crippen molar-refractivity contribution in [2.45, 2.75) is 0 Å². The second-order valence-corrected chi connectivity index (χ2v) is 4.37. The largest absolute Gasteiger partial charge is 0.488 e. The summed E-state index contributed by atoms with van der Waals surface area (Å²) in [6.07, 6.45) is 0. The van der Waals surface area contributed by atoms with Crippen molar-refractivity contribution >= 4 is 27.5 Å². The lowest BCUT2D eigenvalue weighted by Gasteiger charge is -2.09. The van der Waals surface area contributed by atoms with Crippen molar-refractivity contribution in [1.82, 2.24) is 0 Å². The van der Waals surface area contributed by atoms with Gasteiger partial charge in [0.05, 0.1) is 11.6 Å². The van der Waals surface area contributed by atoms with Gasteiger partial charge >= 0.3 is 0 Å². The predicted molar refractivity (Wildman–Crippen MR) is 65.7 cm³/mol. The van der Waals surface area contributed by atoms with E-state index in [1.165, 1.54) is 0 Å². The van der Waals surface area contributed by atoms with Gasteiger partial charge in [-0.25, -0.2) is 0 Å². The van der Waals surface area contributed by atoms with Crippen molar-refractivity contribution < 1.29 is 9.47 Å². The van der Waals surface area contributed by atoms with Gasteiger partial charge in [-0.05, 0) is 23.8 Å². The van der Waals surface area contributed by atoms with Gasteiger partial charge in [0.15, 0.2) is 0 Å². The van der Waals surface area contributed by atoms with Crippen LogP contribution in [0.3, 0.4) is 0 Å². The minimum absolute atomic E-state index is 0.407.